The van der Waals surface area contributed by atoms with E-state index in [0.29, 0.717) is 10.7 Å². The molecule has 0 radical (unpaired) electrons. The van der Waals surface area contributed by atoms with Crippen LogP contribution in [0.4, 0.5) is 16.2 Å². The first-order chi connectivity index (χ1) is 14.0. The van der Waals surface area contributed by atoms with E-state index in [-0.39, 0.29) is 10.9 Å². The number of rotatable bonds is 4. The highest BCUT2D eigenvalue weighted by Crippen LogP contribution is 2.29. The van der Waals surface area contributed by atoms with Crippen LogP contribution in [0.15, 0.2) is 76.8 Å². The van der Waals surface area contributed by atoms with Gasteiger partial charge in [-0.15, -0.1) is 0 Å². The Kier molecular flexibility index (Phi) is 5.01. The molecule has 0 bridgehead atoms. The van der Waals surface area contributed by atoms with Gasteiger partial charge in [-0.05, 0) is 61.2 Å². The average molecular weight is 404 g/mol. The van der Waals surface area contributed by atoms with E-state index < -0.39 is 4.92 Å². The van der Waals surface area contributed by atoms with E-state index in [9.17, 15) is 14.9 Å². The molecule has 1 saturated heterocycles. The number of benzene rings is 2. The zero-order valence-corrected chi connectivity index (χ0v) is 16.2. The molecule has 1 aliphatic heterocycles. The largest absolute Gasteiger partial charge is 0.317 e. The van der Waals surface area contributed by atoms with Crippen molar-refractivity contribution in [3.8, 4) is 5.69 Å². The summed E-state index contributed by atoms with van der Waals surface area (Å²) in [7, 11) is 0. The molecule has 7 nitrogen and oxygen atoms in total. The molecule has 1 aliphatic rings. The van der Waals surface area contributed by atoms with Crippen molar-refractivity contribution >= 4 is 40.3 Å². The van der Waals surface area contributed by atoms with Crippen molar-refractivity contribution in [2.24, 2.45) is 4.99 Å². The fraction of sp³-hybridized carbons (Fsp3) is 0.0476. The lowest BCUT2D eigenvalue weighted by atomic mass is 10.2. The number of aryl methyl sites for hydroxylation is 1. The Morgan fingerprint density at radius 3 is 2.52 bits per heavy atom. The molecule has 1 fully saturated rings. The molecule has 4 rings (SSSR count). The number of aliphatic imine (C=N–C) groups is 1. The van der Waals surface area contributed by atoms with Gasteiger partial charge in [0.2, 0.25) is 0 Å². The van der Waals surface area contributed by atoms with Crippen LogP contribution >= 0.6 is 11.8 Å². The molecule has 1 N–H and O–H groups in total. The third-order valence-electron chi connectivity index (χ3n) is 4.33. The first-order valence-corrected chi connectivity index (χ1v) is 9.60. The third-order valence-corrected chi connectivity index (χ3v) is 5.15. The summed E-state index contributed by atoms with van der Waals surface area (Å²) in [5.74, 6) is 0.500. The average Bonchev–Trinajstić information content (AvgIpc) is 3.30. The minimum atomic E-state index is -0.428. The van der Waals surface area contributed by atoms with Gasteiger partial charge >= 0.3 is 0 Å². The first-order valence-electron chi connectivity index (χ1n) is 8.78. The molecule has 144 valence electrons. The minimum absolute atomic E-state index is 0.0365. The molecule has 29 heavy (non-hydrogen) atoms. The van der Waals surface area contributed by atoms with Crippen molar-refractivity contribution in [2.75, 3.05) is 0 Å². The van der Waals surface area contributed by atoms with E-state index in [1.54, 1.807) is 12.1 Å². The topological polar surface area (TPSA) is 89.5 Å². The van der Waals surface area contributed by atoms with E-state index >= 15 is 0 Å². The molecule has 1 amide bonds. The molecular formula is C21H16N4O3S. The lowest BCUT2D eigenvalue weighted by molar-refractivity contribution is -0.384. The van der Waals surface area contributed by atoms with Gasteiger partial charge in [0.05, 0.1) is 15.5 Å². The van der Waals surface area contributed by atoms with Crippen LogP contribution < -0.4 is 5.32 Å². The Morgan fingerprint density at radius 1 is 1.10 bits per heavy atom. The van der Waals surface area contributed by atoms with Gasteiger partial charge in [0.15, 0.2) is 0 Å². The summed E-state index contributed by atoms with van der Waals surface area (Å²) in [6.45, 7) is 2.00. The van der Waals surface area contributed by atoms with Crippen LogP contribution in [0.5, 0.6) is 0 Å². The normalized spacial score (nSPS) is 16.4. The van der Waals surface area contributed by atoms with Gasteiger partial charge in [0.1, 0.15) is 5.84 Å². The highest BCUT2D eigenvalue weighted by atomic mass is 32.2. The summed E-state index contributed by atoms with van der Waals surface area (Å²) in [6.07, 6.45) is 3.73. The number of thioether (sulfide) groups is 1. The Bertz CT molecular complexity index is 1150. The van der Waals surface area contributed by atoms with Gasteiger partial charge in [-0.2, -0.15) is 0 Å². The Labute approximate surface area is 170 Å². The summed E-state index contributed by atoms with van der Waals surface area (Å²) >= 11 is 1.08. The van der Waals surface area contributed by atoms with Crippen molar-refractivity contribution in [1.82, 2.24) is 9.88 Å². The summed E-state index contributed by atoms with van der Waals surface area (Å²) in [5.41, 5.74) is 3.54. The fourth-order valence-corrected chi connectivity index (χ4v) is 3.60. The molecule has 8 heteroatoms. The van der Waals surface area contributed by atoms with Crippen molar-refractivity contribution < 1.29 is 9.72 Å². The number of carbonyl (C=O) groups excluding carboxylic acids is 1. The number of nitro groups is 1. The van der Waals surface area contributed by atoms with E-state index in [2.05, 4.69) is 10.3 Å². The molecule has 3 aromatic rings. The van der Waals surface area contributed by atoms with Crippen LogP contribution in [0.1, 0.15) is 11.3 Å². The lowest BCUT2D eigenvalue weighted by Crippen LogP contribution is -2.18. The smallest absolute Gasteiger partial charge is 0.289 e. The first kappa shape index (κ1) is 18.7. The molecular weight excluding hydrogens is 388 g/mol. The minimum Gasteiger partial charge on any atom is -0.317 e. The van der Waals surface area contributed by atoms with Gasteiger partial charge in [-0.25, -0.2) is 4.99 Å². The SMILES string of the molecule is Cc1ccc(N=C2NC(=O)SC2=Cc2cccn2-c2ccc([N+](=O)[O-])cc2)cc1. The van der Waals surface area contributed by atoms with Crippen LogP contribution in [0.25, 0.3) is 11.8 Å². The maximum Gasteiger partial charge on any atom is 0.289 e. The Morgan fingerprint density at radius 2 is 1.83 bits per heavy atom. The number of hydrogen-bond acceptors (Lipinski definition) is 5. The van der Waals surface area contributed by atoms with Crippen LogP contribution in [-0.4, -0.2) is 20.6 Å². The zero-order chi connectivity index (χ0) is 20.4. The maximum absolute atomic E-state index is 12.0. The number of nitro benzene ring substituents is 1. The molecule has 1 aromatic heterocycles. The second kappa shape index (κ2) is 7.76. The number of aromatic nitrogens is 1. The van der Waals surface area contributed by atoms with Crippen molar-refractivity contribution in [3.05, 3.63) is 93.1 Å². The Hall–Kier alpha value is -3.65. The van der Waals surface area contributed by atoms with Crippen molar-refractivity contribution in [1.29, 1.82) is 0 Å². The van der Waals surface area contributed by atoms with Crippen molar-refractivity contribution in [3.63, 3.8) is 0 Å². The number of hydrogen-bond donors (Lipinski definition) is 1. The second-order valence-electron chi connectivity index (χ2n) is 6.40. The molecule has 0 spiro atoms. The van der Waals surface area contributed by atoms with E-state index in [1.807, 2.05) is 60.2 Å². The van der Waals surface area contributed by atoms with Gasteiger partial charge < -0.3 is 9.88 Å². The number of amides is 1. The van der Waals surface area contributed by atoms with Gasteiger partial charge in [-0.1, -0.05) is 17.7 Å². The zero-order valence-electron chi connectivity index (χ0n) is 15.4. The highest BCUT2D eigenvalue weighted by Gasteiger charge is 2.24. The Balaban J connectivity index is 1.68. The summed E-state index contributed by atoms with van der Waals surface area (Å²) in [4.78, 5) is 27.7. The van der Waals surface area contributed by atoms with E-state index in [1.165, 1.54) is 12.1 Å². The highest BCUT2D eigenvalue weighted by molar-refractivity contribution is 8.18. The number of non-ortho nitro benzene ring substituents is 1. The second-order valence-corrected chi connectivity index (χ2v) is 7.41. The summed E-state index contributed by atoms with van der Waals surface area (Å²) in [5, 5.41) is 13.5. The number of amidine groups is 1. The van der Waals surface area contributed by atoms with Gasteiger partial charge in [0.25, 0.3) is 10.9 Å². The van der Waals surface area contributed by atoms with Crippen LogP contribution in [-0.2, 0) is 0 Å². The summed E-state index contributed by atoms with van der Waals surface area (Å²) < 4.78 is 1.89. The molecule has 2 heterocycles. The van der Waals surface area contributed by atoms with Gasteiger partial charge in [0, 0.05) is 29.7 Å². The predicted octanol–water partition coefficient (Wildman–Crippen LogP) is 5.22. The predicted molar refractivity (Wildman–Crippen MR) is 115 cm³/mol. The molecule has 0 aliphatic carbocycles. The summed E-state index contributed by atoms with van der Waals surface area (Å²) in [6, 6.07) is 17.8. The maximum atomic E-state index is 12.0. The standard InChI is InChI=1S/C21H16N4O3S/c1-14-4-6-15(7-5-14)22-20-19(29-21(26)23-20)13-18-3-2-12-24(18)16-8-10-17(11-9-16)25(27)28/h2-13H,1H3,(H,22,23,26). The molecule has 0 saturated carbocycles. The fourth-order valence-electron chi connectivity index (χ4n) is 2.88. The third kappa shape index (κ3) is 4.12. The number of nitrogens with zero attached hydrogens (tertiary/aromatic N) is 3. The molecule has 0 atom stereocenters. The quantitative estimate of drug-likeness (QED) is 0.477. The molecule has 2 aromatic carbocycles. The van der Waals surface area contributed by atoms with Crippen molar-refractivity contribution in [2.45, 2.75) is 6.92 Å². The van der Waals surface area contributed by atoms with Crippen LogP contribution in [0, 0.1) is 17.0 Å². The van der Waals surface area contributed by atoms with E-state index in [4.69, 9.17) is 0 Å². The number of nitrogens with one attached hydrogen (secondary N) is 1. The lowest BCUT2D eigenvalue weighted by Gasteiger charge is -2.07. The van der Waals surface area contributed by atoms with E-state index in [0.717, 1.165) is 34.4 Å². The van der Waals surface area contributed by atoms with Gasteiger partial charge in [-0.3, -0.25) is 14.9 Å². The number of carbonyl (C=O) groups is 1. The van der Waals surface area contributed by atoms with Crippen LogP contribution in [0.3, 0.4) is 0 Å². The monoisotopic (exact) mass is 404 g/mol. The molecule has 0 unspecified atom stereocenters. The van der Waals surface area contributed by atoms with Crippen LogP contribution in [0.2, 0.25) is 0 Å².